The minimum atomic E-state index is -1.00. The summed E-state index contributed by atoms with van der Waals surface area (Å²) in [7, 11) is 0. The molecule has 228 valence electrons. The lowest BCUT2D eigenvalue weighted by molar-refractivity contribution is 0.0697. The summed E-state index contributed by atoms with van der Waals surface area (Å²) in [6.07, 6.45) is 0.402. The predicted molar refractivity (Wildman–Crippen MR) is 168 cm³/mol. The van der Waals surface area contributed by atoms with Gasteiger partial charge in [-0.05, 0) is 72.1 Å². The summed E-state index contributed by atoms with van der Waals surface area (Å²) in [5.74, 6) is -0.966. The van der Waals surface area contributed by atoms with E-state index in [4.69, 9.17) is 31.3 Å². The summed E-state index contributed by atoms with van der Waals surface area (Å²) in [6.45, 7) is 7.35. The first-order chi connectivity index (χ1) is 21.5. The summed E-state index contributed by atoms with van der Waals surface area (Å²) < 4.78 is 28.3. The minimum absolute atomic E-state index is 0.0493. The van der Waals surface area contributed by atoms with Crippen molar-refractivity contribution in [3.8, 4) is 23.2 Å². The monoisotopic (exact) mass is 624 g/mol. The van der Waals surface area contributed by atoms with Crippen LogP contribution in [0.25, 0.3) is 22.3 Å². The zero-order valence-corrected chi connectivity index (χ0v) is 25.7. The number of hydrogen-bond donors (Lipinski definition) is 1. The van der Waals surface area contributed by atoms with E-state index in [9.17, 15) is 14.3 Å². The first kappa shape index (κ1) is 30.3. The van der Waals surface area contributed by atoms with Gasteiger partial charge in [-0.15, -0.1) is 0 Å². The van der Waals surface area contributed by atoms with Gasteiger partial charge in [0.1, 0.15) is 12.4 Å². The van der Waals surface area contributed by atoms with Crippen LogP contribution in [0.15, 0.2) is 66.7 Å². The molecule has 0 bridgehead atoms. The second-order valence-electron chi connectivity index (χ2n) is 11.9. The van der Waals surface area contributed by atoms with Crippen LogP contribution < -0.4 is 4.74 Å². The third-order valence-electron chi connectivity index (χ3n) is 8.26. The standard InChI is InChI=1S/C35H30ClFN4O4/c1-20-12-24(14-32-39-29-10-8-23(34(42)43)13-30(29)41(32)31-18-44-19-35(31,2)3)26(36)15-25(20)28-11-9-27(37)33(40-28)45-17-22-6-4-21(16-38)5-7-22/h4-13,15,31H,14,17-19H2,1-3H3,(H,42,43)/t31-/m1/s1. The number of ether oxygens (including phenoxy) is 2. The van der Waals surface area contributed by atoms with Crippen LogP contribution >= 0.6 is 11.6 Å². The first-order valence-electron chi connectivity index (χ1n) is 14.4. The van der Waals surface area contributed by atoms with E-state index in [1.165, 1.54) is 6.07 Å². The Morgan fingerprint density at radius 3 is 2.62 bits per heavy atom. The average molecular weight is 625 g/mol. The van der Waals surface area contributed by atoms with Crippen molar-refractivity contribution in [2.45, 2.75) is 39.8 Å². The number of rotatable bonds is 8. The van der Waals surface area contributed by atoms with Crippen molar-refractivity contribution in [3.63, 3.8) is 0 Å². The van der Waals surface area contributed by atoms with Gasteiger partial charge in [-0.25, -0.2) is 19.2 Å². The van der Waals surface area contributed by atoms with Crippen LogP contribution in [-0.4, -0.2) is 38.8 Å². The van der Waals surface area contributed by atoms with Crippen molar-refractivity contribution in [1.82, 2.24) is 14.5 Å². The Morgan fingerprint density at radius 2 is 1.93 bits per heavy atom. The second kappa shape index (κ2) is 12.0. The molecule has 1 atom stereocenters. The highest BCUT2D eigenvalue weighted by molar-refractivity contribution is 6.31. The number of aryl methyl sites for hydroxylation is 1. The number of benzene rings is 3. The minimum Gasteiger partial charge on any atom is -0.478 e. The lowest BCUT2D eigenvalue weighted by atomic mass is 9.87. The van der Waals surface area contributed by atoms with Crippen molar-refractivity contribution in [2.24, 2.45) is 5.41 Å². The molecular weight excluding hydrogens is 595 g/mol. The van der Waals surface area contributed by atoms with Gasteiger partial charge in [0.25, 0.3) is 5.88 Å². The molecular formula is C35H30ClFN4O4. The van der Waals surface area contributed by atoms with E-state index in [1.807, 2.05) is 19.1 Å². The number of aromatic carboxylic acids is 1. The van der Waals surface area contributed by atoms with E-state index in [2.05, 4.69) is 29.5 Å². The van der Waals surface area contributed by atoms with Gasteiger partial charge in [0, 0.05) is 22.4 Å². The molecule has 5 aromatic rings. The van der Waals surface area contributed by atoms with E-state index >= 15 is 0 Å². The lowest BCUT2D eigenvalue weighted by Gasteiger charge is -2.28. The fourth-order valence-corrected chi connectivity index (χ4v) is 5.98. The Hall–Kier alpha value is -4.78. The maximum Gasteiger partial charge on any atom is 0.335 e. The topological polar surface area (TPSA) is 110 Å². The molecule has 0 saturated carbocycles. The molecule has 3 aromatic carbocycles. The number of carbonyl (C=O) groups is 1. The van der Waals surface area contributed by atoms with E-state index in [-0.39, 0.29) is 29.5 Å². The SMILES string of the molecule is Cc1cc(Cc2nc3ccc(C(=O)O)cc3n2[C@@H]2COCC2(C)C)c(Cl)cc1-c1ccc(F)c(OCc2ccc(C#N)cc2)n1. The van der Waals surface area contributed by atoms with Crippen LogP contribution in [0.5, 0.6) is 5.88 Å². The highest BCUT2D eigenvalue weighted by atomic mass is 35.5. The first-order valence-corrected chi connectivity index (χ1v) is 14.8. The summed E-state index contributed by atoms with van der Waals surface area (Å²) >= 11 is 6.88. The van der Waals surface area contributed by atoms with E-state index in [0.717, 1.165) is 33.6 Å². The number of fused-ring (bicyclic) bond motifs is 1. The Balaban J connectivity index is 1.32. The summed E-state index contributed by atoms with van der Waals surface area (Å²) in [5, 5.41) is 19.1. The largest absolute Gasteiger partial charge is 0.478 e. The van der Waals surface area contributed by atoms with E-state index in [0.29, 0.717) is 41.4 Å². The number of halogens is 2. The molecule has 1 saturated heterocycles. The molecule has 3 heterocycles. The maximum absolute atomic E-state index is 14.7. The Kier molecular flexibility index (Phi) is 8.04. The van der Waals surface area contributed by atoms with Crippen molar-refractivity contribution >= 4 is 28.6 Å². The highest BCUT2D eigenvalue weighted by Crippen LogP contribution is 2.41. The molecule has 1 N–H and O–H groups in total. The van der Waals surface area contributed by atoms with Crippen molar-refractivity contribution < 1.29 is 23.8 Å². The van der Waals surface area contributed by atoms with Gasteiger partial charge in [0.15, 0.2) is 5.82 Å². The molecule has 0 aliphatic carbocycles. The van der Waals surface area contributed by atoms with Crippen molar-refractivity contribution in [2.75, 3.05) is 13.2 Å². The van der Waals surface area contributed by atoms with Crippen LogP contribution in [0.2, 0.25) is 5.02 Å². The van der Waals surface area contributed by atoms with E-state index < -0.39 is 11.8 Å². The number of aromatic nitrogens is 3. The molecule has 1 fully saturated rings. The quantitative estimate of drug-likeness (QED) is 0.190. The molecule has 6 rings (SSSR count). The smallest absolute Gasteiger partial charge is 0.335 e. The number of pyridine rings is 1. The third-order valence-corrected chi connectivity index (χ3v) is 8.62. The van der Waals surface area contributed by atoms with Crippen LogP contribution in [-0.2, 0) is 17.8 Å². The number of imidazole rings is 1. The predicted octanol–water partition coefficient (Wildman–Crippen LogP) is 7.54. The normalized spacial score (nSPS) is 15.7. The molecule has 0 radical (unpaired) electrons. The molecule has 8 nitrogen and oxygen atoms in total. The number of nitriles is 1. The summed E-state index contributed by atoms with van der Waals surface area (Å²) in [5.41, 5.74) is 5.71. The molecule has 10 heteroatoms. The van der Waals surface area contributed by atoms with E-state index in [1.54, 1.807) is 48.5 Å². The Morgan fingerprint density at radius 1 is 1.16 bits per heavy atom. The van der Waals surface area contributed by atoms with Crippen LogP contribution in [0.3, 0.4) is 0 Å². The number of carboxylic acids is 1. The van der Waals surface area contributed by atoms with Crippen LogP contribution in [0.4, 0.5) is 4.39 Å². The molecule has 1 aliphatic heterocycles. The molecule has 0 unspecified atom stereocenters. The molecule has 45 heavy (non-hydrogen) atoms. The van der Waals surface area contributed by atoms with Crippen LogP contribution in [0.1, 0.15) is 58.3 Å². The fourth-order valence-electron chi connectivity index (χ4n) is 5.75. The second-order valence-corrected chi connectivity index (χ2v) is 12.3. The number of hydrogen-bond acceptors (Lipinski definition) is 6. The molecule has 1 aliphatic rings. The molecule has 0 amide bonds. The van der Waals surface area contributed by atoms with Gasteiger partial charge in [0.05, 0.1) is 53.2 Å². The van der Waals surface area contributed by atoms with Gasteiger partial charge >= 0.3 is 5.97 Å². The third kappa shape index (κ3) is 5.99. The van der Waals surface area contributed by atoms with Gasteiger partial charge in [-0.1, -0.05) is 43.6 Å². The Bertz CT molecular complexity index is 1980. The molecule has 2 aromatic heterocycles. The van der Waals surface area contributed by atoms with Gasteiger partial charge < -0.3 is 19.1 Å². The van der Waals surface area contributed by atoms with Crippen LogP contribution in [0, 0.1) is 29.5 Å². The van der Waals surface area contributed by atoms with Gasteiger partial charge in [-0.3, -0.25) is 0 Å². The maximum atomic E-state index is 14.7. The van der Waals surface area contributed by atoms with Gasteiger partial charge in [-0.2, -0.15) is 5.26 Å². The average Bonchev–Trinajstić information content (AvgIpc) is 3.55. The van der Waals surface area contributed by atoms with Crippen molar-refractivity contribution in [3.05, 3.63) is 111 Å². The van der Waals surface area contributed by atoms with Gasteiger partial charge in [0.2, 0.25) is 0 Å². The number of nitrogens with zero attached hydrogens (tertiary/aromatic N) is 4. The highest BCUT2D eigenvalue weighted by Gasteiger charge is 2.39. The number of carboxylic acid groups (broad SMARTS) is 1. The van der Waals surface area contributed by atoms with Crippen molar-refractivity contribution in [1.29, 1.82) is 5.26 Å². The fraction of sp³-hybridized carbons (Fsp3) is 0.257. The lowest BCUT2D eigenvalue weighted by Crippen LogP contribution is -2.27. The Labute approximate surface area is 264 Å². The summed E-state index contributed by atoms with van der Waals surface area (Å²) in [4.78, 5) is 21.2. The summed E-state index contributed by atoms with van der Waals surface area (Å²) in [6, 6.07) is 20.5. The molecule has 0 spiro atoms. The zero-order valence-electron chi connectivity index (χ0n) is 25.0. The zero-order chi connectivity index (χ0) is 31.9.